The van der Waals surface area contributed by atoms with Gasteiger partial charge in [0.25, 0.3) is 0 Å². The average Bonchev–Trinajstić information content (AvgIpc) is 3.52. The van der Waals surface area contributed by atoms with Crippen LogP contribution >= 0.6 is 0 Å². The molecule has 1 fully saturated rings. The van der Waals surface area contributed by atoms with Gasteiger partial charge in [-0.1, -0.05) is 12.1 Å². The predicted molar refractivity (Wildman–Crippen MR) is 176 cm³/mol. The Morgan fingerprint density at radius 3 is 2.24 bits per heavy atom. The molecule has 2 aliphatic rings. The lowest BCUT2D eigenvalue weighted by Gasteiger charge is -2.43. The van der Waals surface area contributed by atoms with Gasteiger partial charge in [0.05, 0.1) is 39.4 Å². The monoisotopic (exact) mass is 700 g/mol. The van der Waals surface area contributed by atoms with Gasteiger partial charge >= 0.3 is 5.97 Å². The van der Waals surface area contributed by atoms with E-state index < -0.39 is 48.7 Å². The first-order valence-corrected chi connectivity index (χ1v) is 16.1. The minimum Gasteiger partial charge on any atom is -0.504 e. The molecule has 7 unspecified atom stereocenters. The summed E-state index contributed by atoms with van der Waals surface area (Å²) in [5, 5.41) is 40.9. The number of aromatic hydroxyl groups is 1. The number of hydrogen-bond acceptors (Lipinski definition) is 14. The molecule has 14 nitrogen and oxygen atoms in total. The fourth-order valence-corrected chi connectivity index (χ4v) is 6.34. The summed E-state index contributed by atoms with van der Waals surface area (Å²) in [5.74, 6) is 0.486. The summed E-state index contributed by atoms with van der Waals surface area (Å²) in [6.07, 6.45) is -4.63. The van der Waals surface area contributed by atoms with E-state index in [0.717, 1.165) is 11.1 Å². The van der Waals surface area contributed by atoms with Crippen LogP contribution in [0.3, 0.4) is 0 Å². The number of phenols is 1. The Morgan fingerprint density at radius 1 is 0.840 bits per heavy atom. The van der Waals surface area contributed by atoms with Gasteiger partial charge in [-0.05, 0) is 60.4 Å². The summed E-state index contributed by atoms with van der Waals surface area (Å²) in [4.78, 5) is 12.9. The SMILES string of the molecule is COc1cc(C(=O)OCC2OC(Oc3ccc(C4Oc5c(OC)cc(CCCO)cc5C4CO)cc3OC)C(O)C(OC)C2OC)ccc1O. The van der Waals surface area contributed by atoms with Crippen molar-refractivity contribution in [3.05, 3.63) is 70.8 Å². The molecule has 0 aliphatic carbocycles. The number of esters is 1. The van der Waals surface area contributed by atoms with E-state index >= 15 is 0 Å². The van der Waals surface area contributed by atoms with E-state index in [-0.39, 0.29) is 42.6 Å². The fraction of sp³-hybridized carbons (Fsp3) is 0.472. The van der Waals surface area contributed by atoms with Crippen molar-refractivity contribution < 1.29 is 67.9 Å². The predicted octanol–water partition coefficient (Wildman–Crippen LogP) is 2.90. The van der Waals surface area contributed by atoms with Crippen LogP contribution in [0.5, 0.6) is 34.5 Å². The molecule has 3 aromatic carbocycles. The number of rotatable bonds is 15. The van der Waals surface area contributed by atoms with Gasteiger partial charge in [0, 0.05) is 26.4 Å². The number of carbonyl (C=O) groups is 1. The van der Waals surface area contributed by atoms with Gasteiger partial charge in [0.1, 0.15) is 37.1 Å². The highest BCUT2D eigenvalue weighted by molar-refractivity contribution is 5.90. The zero-order valence-electron chi connectivity index (χ0n) is 28.6. The van der Waals surface area contributed by atoms with Crippen LogP contribution in [0.25, 0.3) is 0 Å². The van der Waals surface area contributed by atoms with Gasteiger partial charge in [0.15, 0.2) is 34.5 Å². The largest absolute Gasteiger partial charge is 0.504 e. The standard InChI is InChI=1S/C36H44O14/c1-42-26-16-21(8-10-24(26)39)35(41)47-18-29-33(45-4)34(46-5)30(40)36(49-29)48-25-11-9-20(15-27(25)43-2)31-23(17-38)22-13-19(7-6-12-37)14-28(44-3)32(22)50-31/h8-11,13-16,23,29-31,33-34,36-40H,6-7,12,17-18H2,1-5H3. The van der Waals surface area contributed by atoms with E-state index in [9.17, 15) is 25.2 Å². The fourth-order valence-electron chi connectivity index (χ4n) is 6.34. The molecule has 7 atom stereocenters. The third-order valence-corrected chi connectivity index (χ3v) is 8.91. The Balaban J connectivity index is 1.34. The Hall–Kier alpha value is -4.31. The molecule has 0 spiro atoms. The molecule has 0 saturated carbocycles. The van der Waals surface area contributed by atoms with Gasteiger partial charge in [-0.3, -0.25) is 0 Å². The Bertz CT molecular complexity index is 1610. The van der Waals surface area contributed by atoms with E-state index in [4.69, 9.17) is 42.6 Å². The zero-order chi connectivity index (χ0) is 35.9. The number of hydrogen-bond donors (Lipinski definition) is 4. The van der Waals surface area contributed by atoms with Crippen molar-refractivity contribution in [1.82, 2.24) is 0 Å². The number of carbonyl (C=O) groups excluding carboxylic acids is 1. The highest BCUT2D eigenvalue weighted by atomic mass is 16.7. The number of fused-ring (bicyclic) bond motifs is 1. The van der Waals surface area contributed by atoms with Gasteiger partial charge in [-0.25, -0.2) is 4.79 Å². The molecule has 1 saturated heterocycles. The third kappa shape index (κ3) is 7.55. The number of phenolic OH excluding ortho intramolecular Hbond substituents is 1. The molecule has 3 aromatic rings. The zero-order valence-corrected chi connectivity index (χ0v) is 28.6. The molecule has 50 heavy (non-hydrogen) atoms. The van der Waals surface area contributed by atoms with Crippen molar-refractivity contribution in [2.45, 2.75) is 55.6 Å². The summed E-state index contributed by atoms with van der Waals surface area (Å²) in [6, 6.07) is 13.0. The minimum absolute atomic E-state index is 0.0588. The van der Waals surface area contributed by atoms with Crippen molar-refractivity contribution in [3.8, 4) is 34.5 Å². The maximum atomic E-state index is 12.9. The second-order valence-corrected chi connectivity index (χ2v) is 11.8. The molecule has 0 radical (unpaired) electrons. The van der Waals surface area contributed by atoms with Crippen molar-refractivity contribution >= 4 is 5.97 Å². The van der Waals surface area contributed by atoms with Crippen molar-refractivity contribution in [2.24, 2.45) is 0 Å². The summed E-state index contributed by atoms with van der Waals surface area (Å²) in [5.41, 5.74) is 2.60. The lowest BCUT2D eigenvalue weighted by Crippen LogP contribution is -2.61. The molecule has 5 rings (SSSR count). The normalized spacial score (nSPS) is 24.2. The van der Waals surface area contributed by atoms with Crippen LogP contribution in [0.15, 0.2) is 48.5 Å². The molecule has 272 valence electrons. The van der Waals surface area contributed by atoms with Crippen LogP contribution < -0.4 is 23.7 Å². The van der Waals surface area contributed by atoms with E-state index in [2.05, 4.69) is 0 Å². The number of methoxy groups -OCH3 is 5. The molecular weight excluding hydrogens is 656 g/mol. The van der Waals surface area contributed by atoms with Crippen LogP contribution in [0, 0.1) is 0 Å². The van der Waals surface area contributed by atoms with E-state index in [1.54, 1.807) is 25.3 Å². The first-order chi connectivity index (χ1) is 24.2. The lowest BCUT2D eigenvalue weighted by molar-refractivity contribution is -0.286. The van der Waals surface area contributed by atoms with Crippen molar-refractivity contribution in [2.75, 3.05) is 55.4 Å². The van der Waals surface area contributed by atoms with E-state index in [0.29, 0.717) is 35.7 Å². The van der Waals surface area contributed by atoms with Crippen molar-refractivity contribution in [1.29, 1.82) is 0 Å². The van der Waals surface area contributed by atoms with Gasteiger partial charge < -0.3 is 63.1 Å². The number of aryl methyl sites for hydroxylation is 1. The highest BCUT2D eigenvalue weighted by Crippen LogP contribution is 2.51. The van der Waals surface area contributed by atoms with E-state index in [1.165, 1.54) is 46.6 Å². The summed E-state index contributed by atoms with van der Waals surface area (Å²) in [7, 11) is 7.21. The van der Waals surface area contributed by atoms with Crippen LogP contribution in [0.2, 0.25) is 0 Å². The van der Waals surface area contributed by atoms with Gasteiger partial charge in [-0.2, -0.15) is 0 Å². The number of aliphatic hydroxyl groups is 3. The quantitative estimate of drug-likeness (QED) is 0.170. The Kier molecular flexibility index (Phi) is 12.3. The number of ether oxygens (including phenoxy) is 9. The van der Waals surface area contributed by atoms with Crippen molar-refractivity contribution in [3.63, 3.8) is 0 Å². The van der Waals surface area contributed by atoms with Crippen LogP contribution in [0.1, 0.15) is 45.5 Å². The van der Waals surface area contributed by atoms with Gasteiger partial charge in [-0.15, -0.1) is 0 Å². The first kappa shape index (κ1) is 37.0. The molecule has 2 aliphatic heterocycles. The maximum Gasteiger partial charge on any atom is 0.338 e. The molecule has 0 aromatic heterocycles. The summed E-state index contributed by atoms with van der Waals surface area (Å²) in [6.45, 7) is -0.419. The first-order valence-electron chi connectivity index (χ1n) is 16.1. The maximum absolute atomic E-state index is 12.9. The third-order valence-electron chi connectivity index (χ3n) is 8.91. The average molecular weight is 701 g/mol. The van der Waals surface area contributed by atoms with E-state index in [1.807, 2.05) is 12.1 Å². The second-order valence-electron chi connectivity index (χ2n) is 11.8. The number of aliphatic hydroxyl groups excluding tert-OH is 3. The molecule has 14 heteroatoms. The smallest absolute Gasteiger partial charge is 0.338 e. The highest BCUT2D eigenvalue weighted by Gasteiger charge is 2.48. The molecule has 0 amide bonds. The molecule has 4 N–H and O–H groups in total. The number of benzene rings is 3. The van der Waals surface area contributed by atoms with Gasteiger partial charge in [0.2, 0.25) is 6.29 Å². The minimum atomic E-state index is -1.32. The molecule has 0 bridgehead atoms. The molecule has 2 heterocycles. The second kappa shape index (κ2) is 16.6. The summed E-state index contributed by atoms with van der Waals surface area (Å²) < 4.78 is 51.7. The summed E-state index contributed by atoms with van der Waals surface area (Å²) >= 11 is 0. The van der Waals surface area contributed by atoms with Crippen LogP contribution in [0.4, 0.5) is 0 Å². The Labute approximate surface area is 289 Å². The lowest BCUT2D eigenvalue weighted by atomic mass is 9.90. The van der Waals surface area contributed by atoms with Crippen LogP contribution in [-0.2, 0) is 25.4 Å². The molecular formula is C36H44O14. The Morgan fingerprint density at radius 2 is 1.58 bits per heavy atom. The topological polar surface area (TPSA) is 181 Å². The van der Waals surface area contributed by atoms with Crippen LogP contribution in [-0.4, -0.2) is 112 Å².